The molecule has 0 bridgehead atoms. The van der Waals surface area contributed by atoms with Gasteiger partial charge < -0.3 is 10.8 Å². The van der Waals surface area contributed by atoms with Gasteiger partial charge in [0, 0.05) is 5.56 Å². The standard InChI is InChI=1S/C28H39OP.C12H13.BrH.Pd/c1-21(2)29-26-19-12-13-22(3)28(26)25-18-10-11-20-27(25)30(23-14-6-4-7-15-23)24-16-8-5-9-17-24;1-3-7-11(8-4-1)12-9-5-2-6-10-12;;/h10-13,18-21,23-24H,4-9,14-17H2,1-3H3;1,3-5,7-8,12H,6,9-10H2;1H;/q;-1;;+2/p-1. The van der Waals surface area contributed by atoms with Crippen molar-refractivity contribution >= 4 is 26.7 Å². The van der Waals surface area contributed by atoms with Gasteiger partial charge in [0.25, 0.3) is 0 Å². The van der Waals surface area contributed by atoms with Crippen molar-refractivity contribution in [3.8, 4) is 16.9 Å². The average Bonchev–Trinajstić information content (AvgIpc) is 3.08. The summed E-state index contributed by atoms with van der Waals surface area (Å²) in [4.78, 5) is 0. The van der Waals surface area contributed by atoms with E-state index in [0.29, 0.717) is 0 Å². The van der Waals surface area contributed by atoms with Gasteiger partial charge in [0.15, 0.2) is 0 Å². The molecule has 0 radical (unpaired) electrons. The van der Waals surface area contributed by atoms with Gasteiger partial charge >= 0.3 is 30.6 Å². The van der Waals surface area contributed by atoms with Crippen LogP contribution in [0.2, 0.25) is 0 Å². The van der Waals surface area contributed by atoms with Crippen LogP contribution in [0.3, 0.4) is 0 Å². The van der Waals surface area contributed by atoms with Crippen LogP contribution in [0.5, 0.6) is 5.75 Å². The Morgan fingerprint density at radius 2 is 1.36 bits per heavy atom. The fourth-order valence-electron chi connectivity index (χ4n) is 7.39. The third-order valence-electron chi connectivity index (χ3n) is 9.44. The first-order chi connectivity index (χ1) is 21.6. The fourth-order valence-corrected chi connectivity index (χ4v) is 11.3. The van der Waals surface area contributed by atoms with E-state index in [4.69, 9.17) is 4.74 Å². The van der Waals surface area contributed by atoms with E-state index in [9.17, 15) is 0 Å². The summed E-state index contributed by atoms with van der Waals surface area (Å²) in [7, 11) is -0.137. The zero-order valence-corrected chi connectivity index (χ0v) is 31.1. The zero-order chi connectivity index (χ0) is 31.1. The first kappa shape index (κ1) is 35.6. The van der Waals surface area contributed by atoms with Gasteiger partial charge in [-0.15, -0.1) is 0 Å². The summed E-state index contributed by atoms with van der Waals surface area (Å²) in [5.41, 5.74) is 7.43. The first-order valence-corrected chi connectivity index (χ1v) is 22.0. The molecular formula is C40H52BrOPPd. The van der Waals surface area contributed by atoms with Crippen LogP contribution in [0.1, 0.15) is 114 Å². The molecule has 2 saturated carbocycles. The molecule has 2 fully saturated rings. The summed E-state index contributed by atoms with van der Waals surface area (Å²) in [6.07, 6.45) is 23.6. The summed E-state index contributed by atoms with van der Waals surface area (Å²) in [6.45, 7) is 6.52. The summed E-state index contributed by atoms with van der Waals surface area (Å²) in [6, 6.07) is 26.7. The van der Waals surface area contributed by atoms with E-state index in [1.807, 2.05) is 0 Å². The summed E-state index contributed by atoms with van der Waals surface area (Å²) in [5, 5.41) is 1.66. The maximum atomic E-state index is 6.31. The number of rotatable bonds is 7. The summed E-state index contributed by atoms with van der Waals surface area (Å²) >= 11 is 5.35. The monoisotopic (exact) mass is 764 g/mol. The minimum absolute atomic E-state index is 0.137. The van der Waals surface area contributed by atoms with Crippen LogP contribution in [-0.4, -0.2) is 17.4 Å². The van der Waals surface area contributed by atoms with Crippen molar-refractivity contribution in [2.75, 3.05) is 0 Å². The molecule has 3 aliphatic rings. The predicted octanol–water partition coefficient (Wildman–Crippen LogP) is 12.4. The molecule has 0 spiro atoms. The maximum Gasteiger partial charge on any atom is -0.0177 e. The average molecular weight is 766 g/mol. The summed E-state index contributed by atoms with van der Waals surface area (Å²) < 4.78 is 6.31. The molecule has 1 unspecified atom stereocenters. The van der Waals surface area contributed by atoms with Crippen LogP contribution in [-0.2, 0) is 17.2 Å². The molecule has 6 rings (SSSR count). The largest absolute Gasteiger partial charge is 0.501 e. The molecule has 1 nitrogen and oxygen atoms in total. The van der Waals surface area contributed by atoms with Gasteiger partial charge in [-0.25, -0.2) is 0 Å². The number of benzene rings is 3. The fraction of sp³-hybridized carbons (Fsp3) is 0.500. The molecule has 3 aromatic carbocycles. The molecule has 0 aromatic heterocycles. The number of halogens is 1. The van der Waals surface area contributed by atoms with Crippen LogP contribution >= 0.6 is 21.4 Å². The van der Waals surface area contributed by atoms with E-state index in [0.717, 1.165) is 29.4 Å². The zero-order valence-electron chi connectivity index (χ0n) is 27.1. The van der Waals surface area contributed by atoms with Crippen molar-refractivity contribution in [1.29, 1.82) is 0 Å². The molecule has 240 valence electrons. The van der Waals surface area contributed by atoms with Crippen LogP contribution in [0.4, 0.5) is 0 Å². The van der Waals surface area contributed by atoms with Crippen molar-refractivity contribution in [3.05, 3.63) is 96.1 Å². The Balaban J connectivity index is 0.000000262. The Hall–Kier alpha value is -1.23. The SMILES string of the molecule is Cc1cccc(OC(C)C)c1-c1ccccc1P(C1CCCCC1)C1CCCCC1.[Br][Pd+].[C-]1=CCC(c2ccccc2)CC1. The maximum absolute atomic E-state index is 6.31. The third kappa shape index (κ3) is 10.1. The summed E-state index contributed by atoms with van der Waals surface area (Å²) in [5.74, 6) is 1.80. The normalized spacial score (nSPS) is 19.1. The molecule has 3 aliphatic carbocycles. The van der Waals surface area contributed by atoms with E-state index >= 15 is 0 Å². The number of ether oxygens (including phenoxy) is 1. The molecule has 0 aliphatic heterocycles. The quantitative estimate of drug-likeness (QED) is 0.132. The van der Waals surface area contributed by atoms with Crippen LogP contribution in [0.25, 0.3) is 11.1 Å². The van der Waals surface area contributed by atoms with Crippen molar-refractivity contribution in [2.45, 2.75) is 128 Å². The van der Waals surface area contributed by atoms with E-state index in [-0.39, 0.29) is 14.0 Å². The van der Waals surface area contributed by atoms with Crippen molar-refractivity contribution in [3.63, 3.8) is 0 Å². The molecule has 0 amide bonds. The Kier molecular flexibility index (Phi) is 15.7. The minimum Gasteiger partial charge on any atom is -0.501 e. The third-order valence-corrected chi connectivity index (χ3v) is 13.0. The molecule has 0 heterocycles. The Morgan fingerprint density at radius 3 is 1.95 bits per heavy atom. The van der Waals surface area contributed by atoms with Gasteiger partial charge in [-0.2, -0.15) is 6.42 Å². The van der Waals surface area contributed by atoms with Crippen molar-refractivity contribution in [2.24, 2.45) is 0 Å². The van der Waals surface area contributed by atoms with Gasteiger partial charge in [-0.3, -0.25) is 6.08 Å². The van der Waals surface area contributed by atoms with E-state index in [1.54, 1.807) is 5.30 Å². The molecule has 3 aromatic rings. The van der Waals surface area contributed by atoms with Gasteiger partial charge in [0.05, 0.1) is 6.10 Å². The van der Waals surface area contributed by atoms with E-state index in [1.165, 1.54) is 99.3 Å². The Bertz CT molecular complexity index is 1250. The number of hydrogen-bond donors (Lipinski definition) is 0. The number of allylic oxidation sites excluding steroid dienone is 2. The Morgan fingerprint density at radius 1 is 0.750 bits per heavy atom. The van der Waals surface area contributed by atoms with Crippen molar-refractivity contribution in [1.82, 2.24) is 0 Å². The number of hydrogen-bond acceptors (Lipinski definition) is 1. The Labute approximate surface area is 287 Å². The van der Waals surface area contributed by atoms with Gasteiger partial charge in [-0.05, 0) is 91.8 Å². The van der Waals surface area contributed by atoms with Crippen molar-refractivity contribution < 1.29 is 21.9 Å². The minimum atomic E-state index is -0.137. The van der Waals surface area contributed by atoms with Gasteiger partial charge in [0.1, 0.15) is 5.75 Å². The van der Waals surface area contributed by atoms with Crippen LogP contribution in [0, 0.1) is 13.0 Å². The molecule has 44 heavy (non-hydrogen) atoms. The first-order valence-electron chi connectivity index (χ1n) is 17.0. The second kappa shape index (κ2) is 19.4. The van der Waals surface area contributed by atoms with Gasteiger partial charge in [-0.1, -0.05) is 126 Å². The second-order valence-electron chi connectivity index (χ2n) is 12.9. The molecular weight excluding hydrogens is 714 g/mol. The molecule has 0 saturated heterocycles. The predicted molar refractivity (Wildman–Crippen MR) is 192 cm³/mol. The number of aryl methyl sites for hydroxylation is 1. The topological polar surface area (TPSA) is 9.23 Å². The van der Waals surface area contributed by atoms with E-state index < -0.39 is 0 Å². The van der Waals surface area contributed by atoms with Crippen LogP contribution < -0.4 is 10.0 Å². The smallest absolute Gasteiger partial charge is 0.0177 e. The van der Waals surface area contributed by atoms with Gasteiger partial charge in [0.2, 0.25) is 0 Å². The molecule has 4 heteroatoms. The molecule has 1 atom stereocenters. The molecule has 0 N–H and O–H groups in total. The van der Waals surface area contributed by atoms with Crippen LogP contribution in [0.15, 0.2) is 78.9 Å². The second-order valence-corrected chi connectivity index (χ2v) is 15.7. The van der Waals surface area contributed by atoms with E-state index in [2.05, 4.69) is 136 Å².